The van der Waals surface area contributed by atoms with Crippen LogP contribution in [0.3, 0.4) is 0 Å². The molecule has 0 aliphatic heterocycles. The Hall–Kier alpha value is -2.21. The fourth-order valence-electron chi connectivity index (χ4n) is 1.38. The van der Waals surface area contributed by atoms with E-state index in [2.05, 4.69) is 10.3 Å². The number of benzene rings is 1. The van der Waals surface area contributed by atoms with Crippen LogP contribution in [0.1, 0.15) is 16.1 Å². The standard InChI is InChI=1S/C10H10N4O2/c11-5-9-6-12-13-14(9)8-3-1-2-7(4-8)10(15)16/h1-4,6H,5,11H2,(H,15,16). The van der Waals surface area contributed by atoms with E-state index in [1.54, 1.807) is 18.3 Å². The van der Waals surface area contributed by atoms with E-state index in [0.717, 1.165) is 5.69 Å². The number of aromatic carboxylic acids is 1. The molecule has 6 heteroatoms. The molecular formula is C10H10N4O2. The van der Waals surface area contributed by atoms with Crippen LogP contribution in [0, 0.1) is 0 Å². The van der Waals surface area contributed by atoms with Crippen LogP contribution in [-0.4, -0.2) is 26.1 Å². The molecule has 0 saturated heterocycles. The van der Waals surface area contributed by atoms with E-state index < -0.39 is 5.97 Å². The van der Waals surface area contributed by atoms with Crippen LogP contribution < -0.4 is 5.73 Å². The minimum Gasteiger partial charge on any atom is -0.478 e. The first-order valence-corrected chi connectivity index (χ1v) is 4.65. The van der Waals surface area contributed by atoms with E-state index in [4.69, 9.17) is 10.8 Å². The van der Waals surface area contributed by atoms with Crippen LogP contribution in [0.2, 0.25) is 0 Å². The van der Waals surface area contributed by atoms with Gasteiger partial charge in [0.2, 0.25) is 0 Å². The highest BCUT2D eigenvalue weighted by molar-refractivity contribution is 5.88. The molecule has 3 N–H and O–H groups in total. The molecule has 0 aliphatic rings. The van der Waals surface area contributed by atoms with E-state index >= 15 is 0 Å². The predicted molar refractivity (Wildman–Crippen MR) is 56.2 cm³/mol. The van der Waals surface area contributed by atoms with Crippen molar-refractivity contribution in [2.24, 2.45) is 5.73 Å². The average Bonchev–Trinajstić information content (AvgIpc) is 2.77. The third kappa shape index (κ3) is 1.78. The highest BCUT2D eigenvalue weighted by Crippen LogP contribution is 2.11. The second-order valence-corrected chi connectivity index (χ2v) is 3.20. The Balaban J connectivity index is 2.48. The van der Waals surface area contributed by atoms with Crippen molar-refractivity contribution in [3.8, 4) is 5.69 Å². The SMILES string of the molecule is NCc1cnnn1-c1cccc(C(=O)O)c1. The third-order valence-electron chi connectivity index (χ3n) is 2.17. The van der Waals surface area contributed by atoms with Gasteiger partial charge in [-0.1, -0.05) is 11.3 Å². The van der Waals surface area contributed by atoms with Crippen LogP contribution in [0.5, 0.6) is 0 Å². The van der Waals surface area contributed by atoms with Crippen LogP contribution in [0.25, 0.3) is 5.69 Å². The fraction of sp³-hybridized carbons (Fsp3) is 0.100. The molecule has 16 heavy (non-hydrogen) atoms. The van der Waals surface area contributed by atoms with Crippen molar-refractivity contribution in [3.05, 3.63) is 41.7 Å². The fourth-order valence-corrected chi connectivity index (χ4v) is 1.38. The smallest absolute Gasteiger partial charge is 0.335 e. The Bertz CT molecular complexity index is 521. The van der Waals surface area contributed by atoms with Gasteiger partial charge in [-0.3, -0.25) is 0 Å². The number of carboxylic acids is 1. The summed E-state index contributed by atoms with van der Waals surface area (Å²) in [6.45, 7) is 0.296. The molecule has 1 aromatic heterocycles. The quantitative estimate of drug-likeness (QED) is 0.778. The molecule has 2 rings (SSSR count). The zero-order chi connectivity index (χ0) is 11.5. The Labute approximate surface area is 91.3 Å². The largest absolute Gasteiger partial charge is 0.478 e. The summed E-state index contributed by atoms with van der Waals surface area (Å²) in [5, 5.41) is 16.4. The van der Waals surface area contributed by atoms with Gasteiger partial charge in [0, 0.05) is 6.54 Å². The minimum absolute atomic E-state index is 0.205. The molecule has 0 radical (unpaired) electrons. The number of rotatable bonds is 3. The highest BCUT2D eigenvalue weighted by atomic mass is 16.4. The molecule has 1 aromatic carbocycles. The van der Waals surface area contributed by atoms with Gasteiger partial charge in [0.15, 0.2) is 0 Å². The van der Waals surface area contributed by atoms with Gasteiger partial charge in [-0.05, 0) is 18.2 Å². The van der Waals surface area contributed by atoms with E-state index in [1.807, 2.05) is 0 Å². The summed E-state index contributed by atoms with van der Waals surface area (Å²) in [6, 6.07) is 6.45. The van der Waals surface area contributed by atoms with Gasteiger partial charge in [0.1, 0.15) is 0 Å². The zero-order valence-corrected chi connectivity index (χ0v) is 8.37. The van der Waals surface area contributed by atoms with Crippen molar-refractivity contribution < 1.29 is 9.90 Å². The molecule has 6 nitrogen and oxygen atoms in total. The van der Waals surface area contributed by atoms with Gasteiger partial charge in [-0.25, -0.2) is 9.48 Å². The molecule has 0 fully saturated rings. The molecular weight excluding hydrogens is 208 g/mol. The molecule has 1 heterocycles. The van der Waals surface area contributed by atoms with Crippen molar-refractivity contribution in [2.45, 2.75) is 6.54 Å². The maximum Gasteiger partial charge on any atom is 0.335 e. The number of carboxylic acid groups (broad SMARTS) is 1. The van der Waals surface area contributed by atoms with Gasteiger partial charge in [-0.2, -0.15) is 0 Å². The number of nitrogens with zero attached hydrogens (tertiary/aromatic N) is 3. The minimum atomic E-state index is -0.976. The van der Waals surface area contributed by atoms with Gasteiger partial charge in [0.05, 0.1) is 23.1 Å². The first-order valence-electron chi connectivity index (χ1n) is 4.65. The normalized spacial score (nSPS) is 10.3. The first-order chi connectivity index (χ1) is 7.72. The molecule has 0 amide bonds. The summed E-state index contributed by atoms with van der Waals surface area (Å²) >= 11 is 0. The Kier molecular flexibility index (Phi) is 2.65. The predicted octanol–water partition coefficient (Wildman–Crippen LogP) is 0.424. The first kappa shape index (κ1) is 10.3. The second-order valence-electron chi connectivity index (χ2n) is 3.20. The number of carbonyl (C=O) groups is 1. The maximum atomic E-state index is 10.8. The molecule has 0 spiro atoms. The Morgan fingerprint density at radius 1 is 1.50 bits per heavy atom. The van der Waals surface area contributed by atoms with Crippen LogP contribution in [-0.2, 0) is 6.54 Å². The van der Waals surface area contributed by atoms with Crippen molar-refractivity contribution >= 4 is 5.97 Å². The lowest BCUT2D eigenvalue weighted by Crippen LogP contribution is -2.07. The number of hydrogen-bond donors (Lipinski definition) is 2. The lowest BCUT2D eigenvalue weighted by Gasteiger charge is -2.04. The number of nitrogens with two attached hydrogens (primary N) is 1. The number of hydrogen-bond acceptors (Lipinski definition) is 4. The Morgan fingerprint density at radius 3 is 3.00 bits per heavy atom. The van der Waals surface area contributed by atoms with E-state index in [1.165, 1.54) is 16.8 Å². The maximum absolute atomic E-state index is 10.8. The second kappa shape index (κ2) is 4.11. The summed E-state index contributed by atoms with van der Waals surface area (Å²) in [4.78, 5) is 10.8. The van der Waals surface area contributed by atoms with Crippen molar-refractivity contribution in [1.82, 2.24) is 15.0 Å². The lowest BCUT2D eigenvalue weighted by atomic mass is 10.2. The molecule has 0 bridgehead atoms. The van der Waals surface area contributed by atoms with Gasteiger partial charge in [-0.15, -0.1) is 5.10 Å². The third-order valence-corrected chi connectivity index (χ3v) is 2.17. The summed E-state index contributed by atoms with van der Waals surface area (Å²) in [5.74, 6) is -0.976. The molecule has 2 aromatic rings. The van der Waals surface area contributed by atoms with Crippen LogP contribution in [0.15, 0.2) is 30.5 Å². The van der Waals surface area contributed by atoms with Crippen molar-refractivity contribution in [2.75, 3.05) is 0 Å². The molecule has 82 valence electrons. The molecule has 0 aliphatic carbocycles. The average molecular weight is 218 g/mol. The van der Waals surface area contributed by atoms with Gasteiger partial charge in [0.25, 0.3) is 0 Å². The van der Waals surface area contributed by atoms with Crippen LogP contribution in [0.4, 0.5) is 0 Å². The summed E-state index contributed by atoms with van der Waals surface area (Å²) in [5.41, 5.74) is 7.08. The Morgan fingerprint density at radius 2 is 2.31 bits per heavy atom. The van der Waals surface area contributed by atoms with Crippen molar-refractivity contribution in [1.29, 1.82) is 0 Å². The number of aromatic nitrogens is 3. The van der Waals surface area contributed by atoms with E-state index in [-0.39, 0.29) is 5.56 Å². The molecule has 0 unspecified atom stereocenters. The van der Waals surface area contributed by atoms with E-state index in [9.17, 15) is 4.79 Å². The van der Waals surface area contributed by atoms with Crippen LogP contribution >= 0.6 is 0 Å². The summed E-state index contributed by atoms with van der Waals surface area (Å²) in [6.07, 6.45) is 1.55. The molecule has 0 atom stereocenters. The zero-order valence-electron chi connectivity index (χ0n) is 8.37. The molecule has 0 saturated carbocycles. The van der Waals surface area contributed by atoms with E-state index in [0.29, 0.717) is 12.2 Å². The summed E-state index contributed by atoms with van der Waals surface area (Å²) < 4.78 is 1.52. The monoisotopic (exact) mass is 218 g/mol. The topological polar surface area (TPSA) is 94.0 Å². The highest BCUT2D eigenvalue weighted by Gasteiger charge is 2.07. The van der Waals surface area contributed by atoms with Gasteiger partial charge < -0.3 is 10.8 Å². The van der Waals surface area contributed by atoms with Gasteiger partial charge >= 0.3 is 5.97 Å². The van der Waals surface area contributed by atoms with Crippen molar-refractivity contribution in [3.63, 3.8) is 0 Å². The summed E-state index contributed by atoms with van der Waals surface area (Å²) in [7, 11) is 0. The lowest BCUT2D eigenvalue weighted by molar-refractivity contribution is 0.0697.